The van der Waals surface area contributed by atoms with E-state index in [2.05, 4.69) is 10.6 Å². The molecule has 2 N–H and O–H groups in total. The van der Waals surface area contributed by atoms with Gasteiger partial charge in [0.15, 0.2) is 5.11 Å². The van der Waals surface area contributed by atoms with Gasteiger partial charge in [0, 0.05) is 12.8 Å². The van der Waals surface area contributed by atoms with Crippen LogP contribution in [0.15, 0.2) is 29.5 Å². The molecule has 1 heterocycles. The number of nitrogens with one attached hydrogen (secondary N) is 2. The van der Waals surface area contributed by atoms with Crippen LogP contribution in [0, 0.1) is 11.6 Å². The van der Waals surface area contributed by atoms with Gasteiger partial charge in [-0.25, -0.2) is 13.6 Å². The first kappa shape index (κ1) is 17.3. The number of rotatable bonds is 5. The van der Waals surface area contributed by atoms with Gasteiger partial charge in [-0.1, -0.05) is 6.07 Å². The van der Waals surface area contributed by atoms with Crippen LogP contribution in [0.4, 0.5) is 8.78 Å². The average molecular weight is 342 g/mol. The molecule has 0 amide bonds. The van der Waals surface area contributed by atoms with E-state index in [9.17, 15) is 13.6 Å². The predicted molar refractivity (Wildman–Crippen MR) is 83.5 cm³/mol. The zero-order chi connectivity index (χ0) is 17.0. The summed E-state index contributed by atoms with van der Waals surface area (Å²) in [7, 11) is 1.47. The summed E-state index contributed by atoms with van der Waals surface area (Å²) in [6, 6.07) is 2.42. The van der Waals surface area contributed by atoms with Gasteiger partial charge in [0.1, 0.15) is 18.2 Å². The van der Waals surface area contributed by atoms with Gasteiger partial charge in [-0.2, -0.15) is 0 Å². The molecule has 2 rings (SSSR count). The van der Waals surface area contributed by atoms with Crippen molar-refractivity contribution in [3.05, 3.63) is 46.7 Å². The standard InChI is InChI=1S/C15H16F2N2O3S/c1-8-11(14(20)22-7-6-21-2)13(19-15(23)18-8)12-9(16)4-3-5-10(12)17/h3-5,13H,6-7H2,1-2H3,(H2,18,19,23)/t13-/m1/s1. The molecule has 1 aliphatic rings. The van der Waals surface area contributed by atoms with Crippen molar-refractivity contribution in [1.29, 1.82) is 0 Å². The minimum Gasteiger partial charge on any atom is -0.460 e. The van der Waals surface area contributed by atoms with Crippen LogP contribution >= 0.6 is 12.2 Å². The van der Waals surface area contributed by atoms with Crippen molar-refractivity contribution < 1.29 is 23.0 Å². The molecule has 0 fully saturated rings. The third-order valence-electron chi connectivity index (χ3n) is 3.30. The molecule has 1 aromatic carbocycles. The Kier molecular flexibility index (Phi) is 5.62. The quantitative estimate of drug-likeness (QED) is 0.485. The van der Waals surface area contributed by atoms with E-state index in [1.54, 1.807) is 6.92 Å². The largest absolute Gasteiger partial charge is 0.460 e. The summed E-state index contributed by atoms with van der Waals surface area (Å²) in [6.07, 6.45) is 0. The second-order valence-corrected chi connectivity index (χ2v) is 5.24. The Morgan fingerprint density at radius 3 is 2.57 bits per heavy atom. The summed E-state index contributed by atoms with van der Waals surface area (Å²) in [5, 5.41) is 5.65. The average Bonchev–Trinajstić information content (AvgIpc) is 2.46. The normalized spacial score (nSPS) is 17.6. The van der Waals surface area contributed by atoms with Gasteiger partial charge in [0.25, 0.3) is 0 Å². The van der Waals surface area contributed by atoms with E-state index < -0.39 is 23.6 Å². The summed E-state index contributed by atoms with van der Waals surface area (Å²) < 4.78 is 38.1. The van der Waals surface area contributed by atoms with Crippen molar-refractivity contribution in [1.82, 2.24) is 10.6 Å². The van der Waals surface area contributed by atoms with Crippen LogP contribution in [0.1, 0.15) is 18.5 Å². The zero-order valence-corrected chi connectivity index (χ0v) is 13.4. The van der Waals surface area contributed by atoms with Crippen LogP contribution in [0.25, 0.3) is 0 Å². The summed E-state index contributed by atoms with van der Waals surface area (Å²) in [5.41, 5.74) is 0.164. The first-order valence-electron chi connectivity index (χ1n) is 6.84. The maximum Gasteiger partial charge on any atom is 0.338 e. The van der Waals surface area contributed by atoms with Gasteiger partial charge in [-0.3, -0.25) is 0 Å². The van der Waals surface area contributed by atoms with Crippen molar-refractivity contribution in [2.24, 2.45) is 0 Å². The van der Waals surface area contributed by atoms with Gasteiger partial charge in [-0.15, -0.1) is 0 Å². The van der Waals surface area contributed by atoms with Gasteiger partial charge in [-0.05, 0) is 31.3 Å². The molecule has 1 atom stereocenters. The van der Waals surface area contributed by atoms with Crippen molar-refractivity contribution in [3.63, 3.8) is 0 Å². The van der Waals surface area contributed by atoms with Gasteiger partial charge in [0.05, 0.1) is 23.8 Å². The maximum atomic E-state index is 14.1. The molecule has 8 heteroatoms. The van der Waals surface area contributed by atoms with Crippen molar-refractivity contribution in [2.75, 3.05) is 20.3 Å². The van der Waals surface area contributed by atoms with E-state index in [0.717, 1.165) is 12.1 Å². The number of thiocarbonyl (C=S) groups is 1. The molecule has 124 valence electrons. The predicted octanol–water partition coefficient (Wildman–Crippen LogP) is 1.95. The van der Waals surface area contributed by atoms with E-state index in [1.165, 1.54) is 13.2 Å². The zero-order valence-electron chi connectivity index (χ0n) is 12.6. The Morgan fingerprint density at radius 1 is 1.30 bits per heavy atom. The van der Waals surface area contributed by atoms with Crippen molar-refractivity contribution in [3.8, 4) is 0 Å². The number of hydrogen-bond acceptors (Lipinski definition) is 4. The number of allylic oxidation sites excluding steroid dienone is 1. The Hall–Kier alpha value is -2.06. The number of benzene rings is 1. The fourth-order valence-electron chi connectivity index (χ4n) is 2.26. The molecule has 0 radical (unpaired) electrons. The smallest absolute Gasteiger partial charge is 0.338 e. The van der Waals surface area contributed by atoms with Gasteiger partial charge >= 0.3 is 5.97 Å². The van der Waals surface area contributed by atoms with E-state index in [-0.39, 0.29) is 29.5 Å². The highest BCUT2D eigenvalue weighted by Gasteiger charge is 2.34. The molecule has 1 aliphatic heterocycles. The van der Waals surface area contributed by atoms with Crippen LogP contribution in [-0.2, 0) is 14.3 Å². The Bertz CT molecular complexity index is 644. The SMILES string of the molecule is COCCOC(=O)C1=C(C)NC(=S)N[C@H]1c1c(F)cccc1F. The molecule has 0 saturated carbocycles. The molecular weight excluding hydrogens is 326 g/mol. The van der Waals surface area contributed by atoms with Crippen LogP contribution in [0.2, 0.25) is 0 Å². The van der Waals surface area contributed by atoms with E-state index in [1.807, 2.05) is 0 Å². The third-order valence-corrected chi connectivity index (χ3v) is 3.52. The third kappa shape index (κ3) is 3.83. The summed E-state index contributed by atoms with van der Waals surface area (Å²) in [6.45, 7) is 1.84. The number of ether oxygens (including phenoxy) is 2. The van der Waals surface area contributed by atoms with Gasteiger partial charge in [0.2, 0.25) is 0 Å². The summed E-state index contributed by atoms with van der Waals surface area (Å²) >= 11 is 5.02. The first-order chi connectivity index (χ1) is 11.0. The Labute approximate surface area is 137 Å². The lowest BCUT2D eigenvalue weighted by molar-refractivity contribution is -0.140. The minimum absolute atomic E-state index is 0.0308. The van der Waals surface area contributed by atoms with E-state index in [4.69, 9.17) is 21.7 Å². The monoisotopic (exact) mass is 342 g/mol. The molecule has 0 bridgehead atoms. The van der Waals surface area contributed by atoms with Crippen LogP contribution in [-0.4, -0.2) is 31.4 Å². The van der Waals surface area contributed by atoms with Crippen LogP contribution in [0.5, 0.6) is 0 Å². The number of methoxy groups -OCH3 is 1. The molecule has 0 saturated heterocycles. The minimum atomic E-state index is -1.07. The summed E-state index contributed by atoms with van der Waals surface area (Å²) in [4.78, 5) is 12.3. The molecule has 0 spiro atoms. The molecule has 0 aromatic heterocycles. The number of hydrogen-bond donors (Lipinski definition) is 2. The summed E-state index contributed by atoms with van der Waals surface area (Å²) in [5.74, 6) is -2.25. The number of esters is 1. The number of halogens is 2. The molecule has 5 nitrogen and oxygen atoms in total. The second-order valence-electron chi connectivity index (χ2n) is 4.83. The van der Waals surface area contributed by atoms with E-state index >= 15 is 0 Å². The highest BCUT2D eigenvalue weighted by molar-refractivity contribution is 7.80. The van der Waals surface area contributed by atoms with Crippen LogP contribution in [0.3, 0.4) is 0 Å². The molecular formula is C15H16F2N2O3S. The molecule has 0 aliphatic carbocycles. The second kappa shape index (κ2) is 7.47. The lowest BCUT2D eigenvalue weighted by atomic mass is 9.95. The van der Waals surface area contributed by atoms with Gasteiger partial charge < -0.3 is 20.1 Å². The maximum absolute atomic E-state index is 14.1. The van der Waals surface area contributed by atoms with E-state index in [0.29, 0.717) is 5.70 Å². The van der Waals surface area contributed by atoms with Crippen LogP contribution < -0.4 is 10.6 Å². The lowest BCUT2D eigenvalue weighted by Crippen LogP contribution is -2.45. The molecule has 0 unspecified atom stereocenters. The fourth-order valence-corrected chi connectivity index (χ4v) is 2.53. The lowest BCUT2D eigenvalue weighted by Gasteiger charge is -2.30. The highest BCUT2D eigenvalue weighted by Crippen LogP contribution is 2.31. The molecule has 23 heavy (non-hydrogen) atoms. The first-order valence-corrected chi connectivity index (χ1v) is 7.24. The number of carbonyl (C=O) groups excluding carboxylic acids is 1. The Morgan fingerprint density at radius 2 is 1.96 bits per heavy atom. The number of carbonyl (C=O) groups is 1. The van der Waals surface area contributed by atoms with Crippen molar-refractivity contribution in [2.45, 2.75) is 13.0 Å². The van der Waals surface area contributed by atoms with Crippen molar-refractivity contribution >= 4 is 23.3 Å². The molecule has 1 aromatic rings. The fraction of sp³-hybridized carbons (Fsp3) is 0.333. The Balaban J connectivity index is 2.40. The highest BCUT2D eigenvalue weighted by atomic mass is 32.1. The topological polar surface area (TPSA) is 59.6 Å².